The van der Waals surface area contributed by atoms with Crippen molar-refractivity contribution in [2.75, 3.05) is 40.4 Å². The van der Waals surface area contributed by atoms with E-state index in [1.807, 2.05) is 25.2 Å². The van der Waals surface area contributed by atoms with Crippen LogP contribution in [0.4, 0.5) is 0 Å². The van der Waals surface area contributed by atoms with Crippen LogP contribution in [0.25, 0.3) is 10.9 Å². The highest BCUT2D eigenvalue weighted by Gasteiger charge is 2.13. The molecule has 0 radical (unpaired) electrons. The standard InChI is InChI=1S/C16H26N4O3/c1-17-7-8-20(2)10-14-16-13(18-19-14)4-3-5-15(16)23-9-6-12(22)11-21/h3-5,12,17,21-22H,6-11H2,1-2H3,(H,18,19). The maximum Gasteiger partial charge on any atom is 0.130 e. The molecule has 0 spiro atoms. The van der Waals surface area contributed by atoms with Gasteiger partial charge in [-0.3, -0.25) is 10.00 Å². The SMILES string of the molecule is CNCCN(C)Cc1n[nH]c2cccc(OCCC(O)CO)c12. The number of benzene rings is 1. The number of aromatic nitrogens is 2. The molecule has 0 fully saturated rings. The van der Waals surface area contributed by atoms with E-state index in [2.05, 4.69) is 27.5 Å². The number of aliphatic hydroxyl groups is 2. The first kappa shape index (κ1) is 17.7. The van der Waals surface area contributed by atoms with Gasteiger partial charge < -0.3 is 20.3 Å². The molecule has 0 bridgehead atoms. The third-order valence-corrected chi connectivity index (χ3v) is 3.71. The Kier molecular flexibility index (Phi) is 6.79. The molecule has 1 heterocycles. The average Bonchev–Trinajstić information content (AvgIpc) is 2.96. The molecule has 0 aliphatic rings. The Bertz CT molecular complexity index is 602. The van der Waals surface area contributed by atoms with Gasteiger partial charge in [0.25, 0.3) is 0 Å². The van der Waals surface area contributed by atoms with Gasteiger partial charge in [0, 0.05) is 26.1 Å². The number of ether oxygens (including phenoxy) is 1. The van der Waals surface area contributed by atoms with Crippen molar-refractivity contribution in [3.8, 4) is 5.75 Å². The lowest BCUT2D eigenvalue weighted by Gasteiger charge is -2.15. The van der Waals surface area contributed by atoms with Crippen LogP contribution < -0.4 is 10.1 Å². The van der Waals surface area contributed by atoms with Gasteiger partial charge in [0.2, 0.25) is 0 Å². The molecule has 7 heteroatoms. The predicted molar refractivity (Wildman–Crippen MR) is 89.6 cm³/mol. The molecule has 1 atom stereocenters. The van der Waals surface area contributed by atoms with Crippen molar-refractivity contribution in [3.63, 3.8) is 0 Å². The van der Waals surface area contributed by atoms with E-state index in [1.54, 1.807) is 0 Å². The number of H-pyrrole nitrogens is 1. The van der Waals surface area contributed by atoms with Gasteiger partial charge in [0.05, 0.1) is 35.9 Å². The van der Waals surface area contributed by atoms with Crippen LogP contribution in [0.2, 0.25) is 0 Å². The Morgan fingerprint density at radius 3 is 3.00 bits per heavy atom. The predicted octanol–water partition coefficient (Wildman–Crippen LogP) is 0.336. The number of fused-ring (bicyclic) bond motifs is 1. The molecule has 2 rings (SSSR count). The van der Waals surface area contributed by atoms with Crippen LogP contribution in [0, 0.1) is 0 Å². The third kappa shape index (κ3) is 4.90. The maximum atomic E-state index is 9.40. The minimum atomic E-state index is -0.745. The molecule has 1 unspecified atom stereocenters. The van der Waals surface area contributed by atoms with Crippen molar-refractivity contribution in [2.24, 2.45) is 0 Å². The van der Waals surface area contributed by atoms with Gasteiger partial charge in [0.15, 0.2) is 0 Å². The van der Waals surface area contributed by atoms with Gasteiger partial charge in [0.1, 0.15) is 5.75 Å². The topological polar surface area (TPSA) is 93.6 Å². The summed E-state index contributed by atoms with van der Waals surface area (Å²) in [6.07, 6.45) is -0.354. The van der Waals surface area contributed by atoms with Crippen molar-refractivity contribution in [1.29, 1.82) is 0 Å². The Hall–Kier alpha value is -1.67. The molecule has 23 heavy (non-hydrogen) atoms. The van der Waals surface area contributed by atoms with Crippen molar-refractivity contribution < 1.29 is 14.9 Å². The first-order valence-electron chi connectivity index (χ1n) is 7.86. The fourth-order valence-electron chi connectivity index (χ4n) is 2.37. The van der Waals surface area contributed by atoms with E-state index >= 15 is 0 Å². The molecule has 1 aromatic carbocycles. The summed E-state index contributed by atoms with van der Waals surface area (Å²) in [6, 6.07) is 5.78. The quantitative estimate of drug-likeness (QED) is 0.504. The summed E-state index contributed by atoms with van der Waals surface area (Å²) < 4.78 is 5.79. The van der Waals surface area contributed by atoms with Crippen molar-refractivity contribution in [3.05, 3.63) is 23.9 Å². The van der Waals surface area contributed by atoms with Crippen LogP contribution in [0.1, 0.15) is 12.1 Å². The number of rotatable bonds is 10. The zero-order chi connectivity index (χ0) is 16.7. The number of nitrogens with one attached hydrogen (secondary N) is 2. The van der Waals surface area contributed by atoms with E-state index in [-0.39, 0.29) is 6.61 Å². The highest BCUT2D eigenvalue weighted by molar-refractivity contribution is 5.87. The zero-order valence-electron chi connectivity index (χ0n) is 13.7. The Labute approximate surface area is 136 Å². The maximum absolute atomic E-state index is 9.40. The Morgan fingerprint density at radius 2 is 2.26 bits per heavy atom. The molecular weight excluding hydrogens is 296 g/mol. The molecular formula is C16H26N4O3. The Balaban J connectivity index is 2.09. The van der Waals surface area contributed by atoms with E-state index in [9.17, 15) is 5.11 Å². The van der Waals surface area contributed by atoms with Crippen LogP contribution in [0.3, 0.4) is 0 Å². The smallest absolute Gasteiger partial charge is 0.130 e. The molecule has 7 nitrogen and oxygen atoms in total. The van der Waals surface area contributed by atoms with Crippen LogP contribution in [0.15, 0.2) is 18.2 Å². The molecule has 1 aromatic heterocycles. The monoisotopic (exact) mass is 322 g/mol. The summed E-state index contributed by atoms with van der Waals surface area (Å²) >= 11 is 0. The molecule has 0 amide bonds. The summed E-state index contributed by atoms with van der Waals surface area (Å²) in [5.41, 5.74) is 1.87. The van der Waals surface area contributed by atoms with Gasteiger partial charge in [-0.05, 0) is 26.2 Å². The van der Waals surface area contributed by atoms with Crippen molar-refractivity contribution >= 4 is 10.9 Å². The van der Waals surface area contributed by atoms with Crippen LogP contribution in [0.5, 0.6) is 5.75 Å². The minimum absolute atomic E-state index is 0.249. The number of hydrogen-bond donors (Lipinski definition) is 4. The normalized spacial score (nSPS) is 12.9. The fourth-order valence-corrected chi connectivity index (χ4v) is 2.37. The van der Waals surface area contributed by atoms with Gasteiger partial charge in [-0.25, -0.2) is 0 Å². The van der Waals surface area contributed by atoms with Gasteiger partial charge >= 0.3 is 0 Å². The lowest BCUT2D eigenvalue weighted by Crippen LogP contribution is -2.27. The van der Waals surface area contributed by atoms with E-state index in [0.29, 0.717) is 13.0 Å². The number of aromatic amines is 1. The first-order valence-corrected chi connectivity index (χ1v) is 7.86. The lowest BCUT2D eigenvalue weighted by molar-refractivity contribution is 0.0756. The Morgan fingerprint density at radius 1 is 1.43 bits per heavy atom. The highest BCUT2D eigenvalue weighted by atomic mass is 16.5. The van der Waals surface area contributed by atoms with E-state index in [4.69, 9.17) is 9.84 Å². The molecule has 0 aliphatic heterocycles. The van der Waals surface area contributed by atoms with E-state index in [1.165, 1.54) is 0 Å². The number of nitrogens with zero attached hydrogens (tertiary/aromatic N) is 2. The molecule has 128 valence electrons. The number of likely N-dealkylation sites (N-methyl/N-ethyl adjacent to an activating group) is 2. The fraction of sp³-hybridized carbons (Fsp3) is 0.562. The summed E-state index contributed by atoms with van der Waals surface area (Å²) in [7, 11) is 3.99. The van der Waals surface area contributed by atoms with Gasteiger partial charge in [-0.2, -0.15) is 5.10 Å². The minimum Gasteiger partial charge on any atom is -0.493 e. The second-order valence-corrected chi connectivity index (χ2v) is 5.66. The first-order chi connectivity index (χ1) is 11.2. The summed E-state index contributed by atoms with van der Waals surface area (Å²) in [5, 5.41) is 29.8. The molecule has 2 aromatic rings. The van der Waals surface area contributed by atoms with Crippen LogP contribution in [-0.2, 0) is 6.54 Å². The third-order valence-electron chi connectivity index (χ3n) is 3.71. The second-order valence-electron chi connectivity index (χ2n) is 5.66. The lowest BCUT2D eigenvalue weighted by atomic mass is 10.2. The van der Waals surface area contributed by atoms with Crippen LogP contribution >= 0.6 is 0 Å². The molecule has 0 saturated carbocycles. The number of aliphatic hydroxyl groups excluding tert-OH is 2. The molecule has 0 aliphatic carbocycles. The van der Waals surface area contributed by atoms with Crippen LogP contribution in [-0.4, -0.2) is 71.8 Å². The van der Waals surface area contributed by atoms with Crippen molar-refractivity contribution in [2.45, 2.75) is 19.1 Å². The van der Waals surface area contributed by atoms with E-state index < -0.39 is 6.10 Å². The second kappa shape index (κ2) is 8.83. The zero-order valence-corrected chi connectivity index (χ0v) is 13.7. The van der Waals surface area contributed by atoms with Gasteiger partial charge in [-0.15, -0.1) is 0 Å². The molecule has 0 saturated heterocycles. The van der Waals surface area contributed by atoms with E-state index in [0.717, 1.165) is 42.0 Å². The molecule has 4 N–H and O–H groups in total. The largest absolute Gasteiger partial charge is 0.493 e. The summed E-state index contributed by atoms with van der Waals surface area (Å²) in [5.74, 6) is 0.749. The summed E-state index contributed by atoms with van der Waals surface area (Å²) in [4.78, 5) is 2.19. The number of hydrogen-bond acceptors (Lipinski definition) is 6. The highest BCUT2D eigenvalue weighted by Crippen LogP contribution is 2.28. The summed E-state index contributed by atoms with van der Waals surface area (Å²) in [6.45, 7) is 2.67. The van der Waals surface area contributed by atoms with Crippen molar-refractivity contribution in [1.82, 2.24) is 20.4 Å². The van der Waals surface area contributed by atoms with Gasteiger partial charge in [-0.1, -0.05) is 6.07 Å². The average molecular weight is 322 g/mol.